The minimum atomic E-state index is 0.709. The maximum atomic E-state index is 5.02. The second-order valence-electron chi connectivity index (χ2n) is 12.2. The zero-order valence-electron chi connectivity index (χ0n) is 26.7. The van der Waals surface area contributed by atoms with Crippen LogP contribution in [0.3, 0.4) is 0 Å². The van der Waals surface area contributed by atoms with Gasteiger partial charge >= 0.3 is 0 Å². The SMILES string of the molecule is c1ccc(-c2cc(-c3ccccc3)nc(-c3ccc(-c4cccc(-c5cccc6c7ccccc7n(-c7ccccc7)c56)c4)cc3)n2)cc1. The van der Waals surface area contributed by atoms with E-state index in [1.807, 2.05) is 36.4 Å². The Morgan fingerprint density at radius 1 is 0.347 bits per heavy atom. The highest BCUT2D eigenvalue weighted by atomic mass is 15.0. The van der Waals surface area contributed by atoms with E-state index in [1.54, 1.807) is 0 Å². The third-order valence-electron chi connectivity index (χ3n) is 9.22. The zero-order valence-corrected chi connectivity index (χ0v) is 26.7. The molecule has 0 aliphatic carbocycles. The van der Waals surface area contributed by atoms with Crippen LogP contribution in [-0.2, 0) is 0 Å². The van der Waals surface area contributed by atoms with Crippen molar-refractivity contribution in [1.29, 1.82) is 0 Å². The fourth-order valence-corrected chi connectivity index (χ4v) is 6.86. The van der Waals surface area contributed by atoms with Gasteiger partial charge in [0, 0.05) is 38.7 Å². The van der Waals surface area contributed by atoms with Gasteiger partial charge in [0.25, 0.3) is 0 Å². The molecule has 0 saturated carbocycles. The molecule has 7 aromatic carbocycles. The van der Waals surface area contributed by atoms with Gasteiger partial charge in [-0.15, -0.1) is 0 Å². The number of aromatic nitrogens is 3. The van der Waals surface area contributed by atoms with Crippen molar-refractivity contribution in [3.05, 3.63) is 188 Å². The van der Waals surface area contributed by atoms with Crippen LogP contribution in [-0.4, -0.2) is 14.5 Å². The Morgan fingerprint density at radius 3 is 1.57 bits per heavy atom. The number of nitrogens with zero attached hydrogens (tertiary/aromatic N) is 3. The van der Waals surface area contributed by atoms with Crippen molar-refractivity contribution in [2.24, 2.45) is 0 Å². The molecule has 0 aliphatic heterocycles. The molecule has 0 bridgehead atoms. The van der Waals surface area contributed by atoms with Gasteiger partial charge in [-0.2, -0.15) is 0 Å². The normalized spacial score (nSPS) is 11.3. The third-order valence-corrected chi connectivity index (χ3v) is 9.22. The molecule has 0 fully saturated rings. The molecule has 2 aromatic heterocycles. The molecule has 0 unspecified atom stereocenters. The average Bonchev–Trinajstić information content (AvgIpc) is 3.53. The highest BCUT2D eigenvalue weighted by Crippen LogP contribution is 2.39. The van der Waals surface area contributed by atoms with Crippen LogP contribution >= 0.6 is 0 Å². The number of hydrogen-bond donors (Lipinski definition) is 0. The summed E-state index contributed by atoms with van der Waals surface area (Å²) in [5.41, 5.74) is 13.2. The van der Waals surface area contributed by atoms with E-state index in [-0.39, 0.29) is 0 Å². The number of rotatable bonds is 6. The smallest absolute Gasteiger partial charge is 0.160 e. The molecule has 2 heterocycles. The maximum absolute atomic E-state index is 5.02. The van der Waals surface area contributed by atoms with Crippen molar-refractivity contribution in [3.8, 4) is 61.8 Å². The first-order valence-electron chi connectivity index (χ1n) is 16.6. The molecule has 0 N–H and O–H groups in total. The van der Waals surface area contributed by atoms with Gasteiger partial charge in [-0.1, -0.05) is 158 Å². The number of benzene rings is 7. The molecule has 230 valence electrons. The van der Waals surface area contributed by atoms with Crippen LogP contribution in [0.5, 0.6) is 0 Å². The summed E-state index contributed by atoms with van der Waals surface area (Å²) >= 11 is 0. The van der Waals surface area contributed by atoms with Crippen molar-refractivity contribution >= 4 is 21.8 Å². The molecule has 0 saturated heterocycles. The van der Waals surface area contributed by atoms with Crippen LogP contribution in [0.25, 0.3) is 83.6 Å². The van der Waals surface area contributed by atoms with Crippen LogP contribution in [0.15, 0.2) is 188 Å². The Bertz CT molecular complexity index is 2510. The van der Waals surface area contributed by atoms with E-state index in [0.29, 0.717) is 5.82 Å². The molecule has 0 spiro atoms. The molecule has 3 heteroatoms. The van der Waals surface area contributed by atoms with E-state index in [1.165, 1.54) is 32.9 Å². The number of fused-ring (bicyclic) bond motifs is 3. The largest absolute Gasteiger partial charge is 0.309 e. The molecule has 9 rings (SSSR count). The Morgan fingerprint density at radius 2 is 0.878 bits per heavy atom. The first-order chi connectivity index (χ1) is 24.3. The van der Waals surface area contributed by atoms with E-state index in [0.717, 1.165) is 44.9 Å². The second-order valence-corrected chi connectivity index (χ2v) is 12.2. The first kappa shape index (κ1) is 28.6. The summed E-state index contributed by atoms with van der Waals surface area (Å²) in [5, 5.41) is 2.50. The predicted molar refractivity (Wildman–Crippen MR) is 204 cm³/mol. The summed E-state index contributed by atoms with van der Waals surface area (Å²) in [6.07, 6.45) is 0. The van der Waals surface area contributed by atoms with Crippen molar-refractivity contribution in [2.75, 3.05) is 0 Å². The van der Waals surface area contributed by atoms with Crippen LogP contribution in [0, 0.1) is 0 Å². The standard InChI is InChI=1S/C46H31N3/c1-4-14-33(15-5-1)42-31-43(34-16-6-2-7-17-34)48-46(47-42)35-28-26-32(27-29-35)36-18-12-19-37(30-36)39-23-13-24-41-40-22-10-11-25-44(40)49(45(39)41)38-20-8-3-9-21-38/h1-31H. The zero-order chi connectivity index (χ0) is 32.6. The van der Waals surface area contributed by atoms with Crippen LogP contribution < -0.4 is 0 Å². The molecule has 0 radical (unpaired) electrons. The molecule has 3 nitrogen and oxygen atoms in total. The molecule has 0 atom stereocenters. The van der Waals surface area contributed by atoms with Gasteiger partial charge in [0.15, 0.2) is 5.82 Å². The van der Waals surface area contributed by atoms with Crippen LogP contribution in [0.2, 0.25) is 0 Å². The van der Waals surface area contributed by atoms with E-state index in [2.05, 4.69) is 156 Å². The summed E-state index contributed by atoms with van der Waals surface area (Å²) < 4.78 is 2.40. The van der Waals surface area contributed by atoms with Gasteiger partial charge in [-0.3, -0.25) is 0 Å². The lowest BCUT2D eigenvalue weighted by molar-refractivity contribution is 1.18. The summed E-state index contributed by atoms with van der Waals surface area (Å²) in [7, 11) is 0. The topological polar surface area (TPSA) is 30.7 Å². The number of hydrogen-bond acceptors (Lipinski definition) is 2. The van der Waals surface area contributed by atoms with Gasteiger partial charge in [0.2, 0.25) is 0 Å². The molecule has 0 aliphatic rings. The summed E-state index contributed by atoms with van der Waals surface area (Å²) in [5.74, 6) is 0.709. The molecular formula is C46H31N3. The molecule has 49 heavy (non-hydrogen) atoms. The Labute approximate surface area is 285 Å². The molecular weight excluding hydrogens is 595 g/mol. The quantitative estimate of drug-likeness (QED) is 0.184. The molecule has 0 amide bonds. The van der Waals surface area contributed by atoms with Gasteiger partial charge in [-0.25, -0.2) is 9.97 Å². The van der Waals surface area contributed by atoms with E-state index < -0.39 is 0 Å². The average molecular weight is 626 g/mol. The molecule has 9 aromatic rings. The summed E-state index contributed by atoms with van der Waals surface area (Å²) in [4.78, 5) is 10.0. The van der Waals surface area contributed by atoms with E-state index >= 15 is 0 Å². The fraction of sp³-hybridized carbons (Fsp3) is 0. The minimum absolute atomic E-state index is 0.709. The Balaban J connectivity index is 1.12. The monoisotopic (exact) mass is 625 g/mol. The van der Waals surface area contributed by atoms with Crippen molar-refractivity contribution in [2.45, 2.75) is 0 Å². The van der Waals surface area contributed by atoms with Crippen molar-refractivity contribution in [3.63, 3.8) is 0 Å². The van der Waals surface area contributed by atoms with Crippen molar-refractivity contribution < 1.29 is 0 Å². The fourth-order valence-electron chi connectivity index (χ4n) is 6.86. The predicted octanol–water partition coefficient (Wildman–Crippen LogP) is 11.9. The maximum Gasteiger partial charge on any atom is 0.160 e. The lowest BCUT2D eigenvalue weighted by atomic mass is 9.97. The second kappa shape index (κ2) is 12.2. The minimum Gasteiger partial charge on any atom is -0.309 e. The Kier molecular flexibility index (Phi) is 7.14. The van der Waals surface area contributed by atoms with Crippen LogP contribution in [0.1, 0.15) is 0 Å². The highest BCUT2D eigenvalue weighted by Gasteiger charge is 2.17. The summed E-state index contributed by atoms with van der Waals surface area (Å²) in [6, 6.07) is 66.2. The van der Waals surface area contributed by atoms with Crippen LogP contribution in [0.4, 0.5) is 0 Å². The van der Waals surface area contributed by atoms with E-state index in [9.17, 15) is 0 Å². The van der Waals surface area contributed by atoms with Gasteiger partial charge < -0.3 is 4.57 Å². The first-order valence-corrected chi connectivity index (χ1v) is 16.6. The van der Waals surface area contributed by atoms with Gasteiger partial charge in [-0.05, 0) is 47.0 Å². The third kappa shape index (κ3) is 5.28. The van der Waals surface area contributed by atoms with Crippen molar-refractivity contribution in [1.82, 2.24) is 14.5 Å². The lowest BCUT2D eigenvalue weighted by Gasteiger charge is -2.13. The lowest BCUT2D eigenvalue weighted by Crippen LogP contribution is -1.96. The Hall–Kier alpha value is -6.58. The number of para-hydroxylation sites is 3. The van der Waals surface area contributed by atoms with E-state index in [4.69, 9.17) is 9.97 Å². The highest BCUT2D eigenvalue weighted by molar-refractivity contribution is 6.13. The van der Waals surface area contributed by atoms with Gasteiger partial charge in [0.05, 0.1) is 22.4 Å². The summed E-state index contributed by atoms with van der Waals surface area (Å²) in [6.45, 7) is 0. The van der Waals surface area contributed by atoms with Gasteiger partial charge in [0.1, 0.15) is 0 Å².